The summed E-state index contributed by atoms with van der Waals surface area (Å²) in [6.45, 7) is 0. The van der Waals surface area contributed by atoms with Gasteiger partial charge in [-0.1, -0.05) is 18.2 Å². The summed E-state index contributed by atoms with van der Waals surface area (Å²) < 4.78 is 39.3. The Bertz CT molecular complexity index is 588. The molecule has 0 aliphatic carbocycles. The molecule has 4 heteroatoms. The molecule has 0 saturated carbocycles. The average Bonchev–Trinajstić information content (AvgIpc) is 2.30. The zero-order valence-electron chi connectivity index (χ0n) is 10.00. The molecule has 0 spiro atoms. The second kappa shape index (κ2) is 5.69. The van der Waals surface area contributed by atoms with Crippen molar-refractivity contribution < 1.29 is 18.0 Å². The fraction of sp³-hybridized carbons (Fsp3) is 0.133. The fourth-order valence-electron chi connectivity index (χ4n) is 1.86. The summed E-state index contributed by atoms with van der Waals surface area (Å²) in [6.07, 6.45) is -0.214. The molecule has 1 nitrogen and oxygen atoms in total. The van der Waals surface area contributed by atoms with Crippen LogP contribution in [0.2, 0.25) is 0 Å². The van der Waals surface area contributed by atoms with Gasteiger partial charge in [0.25, 0.3) is 0 Å². The van der Waals surface area contributed by atoms with Crippen molar-refractivity contribution in [1.82, 2.24) is 0 Å². The van der Waals surface area contributed by atoms with Crippen LogP contribution in [0.4, 0.5) is 13.2 Å². The molecule has 0 saturated heterocycles. The molecule has 2 aromatic carbocycles. The van der Waals surface area contributed by atoms with Crippen LogP contribution < -0.4 is 0 Å². The Kier molecular flexibility index (Phi) is 4.00. The van der Waals surface area contributed by atoms with Crippen LogP contribution in [0, 0.1) is 17.5 Å². The summed E-state index contributed by atoms with van der Waals surface area (Å²) in [5, 5.41) is 0. The maximum Gasteiger partial charge on any atom is 0.141 e. The predicted molar refractivity (Wildman–Crippen MR) is 65.2 cm³/mol. The first-order valence-corrected chi connectivity index (χ1v) is 5.74. The van der Waals surface area contributed by atoms with E-state index < -0.39 is 17.5 Å². The molecule has 0 N–H and O–H groups in total. The zero-order valence-corrected chi connectivity index (χ0v) is 10.00. The maximum atomic E-state index is 13.3. The normalized spacial score (nSPS) is 10.5. The van der Waals surface area contributed by atoms with Crippen molar-refractivity contribution in [2.24, 2.45) is 0 Å². The Hall–Kier alpha value is -2.10. The highest BCUT2D eigenvalue weighted by Crippen LogP contribution is 2.12. The molecule has 0 radical (unpaired) electrons. The van der Waals surface area contributed by atoms with E-state index in [4.69, 9.17) is 0 Å². The SMILES string of the molecule is O=C(Cc1cc(F)cc(F)c1)Cc1ccccc1F. The van der Waals surface area contributed by atoms with Crippen molar-refractivity contribution in [3.63, 3.8) is 0 Å². The van der Waals surface area contributed by atoms with Crippen molar-refractivity contribution in [3.05, 3.63) is 71.0 Å². The highest BCUT2D eigenvalue weighted by molar-refractivity contribution is 5.83. The van der Waals surface area contributed by atoms with Gasteiger partial charge in [-0.05, 0) is 29.3 Å². The summed E-state index contributed by atoms with van der Waals surface area (Å²) in [4.78, 5) is 11.7. The van der Waals surface area contributed by atoms with Gasteiger partial charge in [0.1, 0.15) is 23.2 Å². The Labute approximate surface area is 108 Å². The third-order valence-corrected chi connectivity index (χ3v) is 2.67. The summed E-state index contributed by atoms with van der Waals surface area (Å²) >= 11 is 0. The van der Waals surface area contributed by atoms with Crippen LogP contribution in [0.15, 0.2) is 42.5 Å². The first-order chi connectivity index (χ1) is 9.04. The van der Waals surface area contributed by atoms with Crippen LogP contribution in [-0.2, 0) is 17.6 Å². The van der Waals surface area contributed by atoms with Crippen LogP contribution in [0.3, 0.4) is 0 Å². The Morgan fingerprint density at radius 1 is 0.895 bits per heavy atom. The highest BCUT2D eigenvalue weighted by atomic mass is 19.1. The van der Waals surface area contributed by atoms with Crippen molar-refractivity contribution in [2.45, 2.75) is 12.8 Å². The lowest BCUT2D eigenvalue weighted by atomic mass is 10.0. The molecule has 0 fully saturated rings. The van der Waals surface area contributed by atoms with E-state index in [1.165, 1.54) is 18.2 Å². The van der Waals surface area contributed by atoms with Gasteiger partial charge < -0.3 is 0 Å². The lowest BCUT2D eigenvalue weighted by molar-refractivity contribution is -0.117. The molecule has 0 aliphatic rings. The number of halogens is 3. The van der Waals surface area contributed by atoms with Gasteiger partial charge in [0.15, 0.2) is 0 Å². The van der Waals surface area contributed by atoms with Crippen LogP contribution in [-0.4, -0.2) is 5.78 Å². The lowest BCUT2D eigenvalue weighted by Crippen LogP contribution is -2.08. The van der Waals surface area contributed by atoms with E-state index in [2.05, 4.69) is 0 Å². The zero-order chi connectivity index (χ0) is 13.8. The number of hydrogen-bond donors (Lipinski definition) is 0. The van der Waals surface area contributed by atoms with Crippen LogP contribution in [0.25, 0.3) is 0 Å². The van der Waals surface area contributed by atoms with E-state index in [1.54, 1.807) is 6.07 Å². The summed E-state index contributed by atoms with van der Waals surface area (Å²) in [5.74, 6) is -2.21. The quantitative estimate of drug-likeness (QED) is 0.826. The third kappa shape index (κ3) is 3.68. The second-order valence-electron chi connectivity index (χ2n) is 4.26. The smallest absolute Gasteiger partial charge is 0.141 e. The van der Waals surface area contributed by atoms with Crippen molar-refractivity contribution in [1.29, 1.82) is 0 Å². The summed E-state index contributed by atoms with van der Waals surface area (Å²) in [7, 11) is 0. The molecule has 0 amide bonds. The number of ketones is 1. The van der Waals surface area contributed by atoms with Gasteiger partial charge in [0.2, 0.25) is 0 Å². The molecule has 2 aromatic rings. The van der Waals surface area contributed by atoms with E-state index in [-0.39, 0.29) is 29.8 Å². The predicted octanol–water partition coefficient (Wildman–Crippen LogP) is 3.46. The average molecular weight is 264 g/mol. The van der Waals surface area contributed by atoms with Crippen LogP contribution >= 0.6 is 0 Å². The molecule has 0 aliphatic heterocycles. The molecule has 0 heterocycles. The van der Waals surface area contributed by atoms with Gasteiger partial charge in [-0.15, -0.1) is 0 Å². The van der Waals surface area contributed by atoms with Gasteiger partial charge in [0, 0.05) is 18.9 Å². The number of benzene rings is 2. The van der Waals surface area contributed by atoms with Crippen LogP contribution in [0.5, 0.6) is 0 Å². The van der Waals surface area contributed by atoms with Crippen molar-refractivity contribution >= 4 is 5.78 Å². The van der Waals surface area contributed by atoms with E-state index in [0.717, 1.165) is 18.2 Å². The van der Waals surface area contributed by atoms with Gasteiger partial charge in [-0.3, -0.25) is 4.79 Å². The number of rotatable bonds is 4. The van der Waals surface area contributed by atoms with Crippen LogP contribution in [0.1, 0.15) is 11.1 Å². The van der Waals surface area contributed by atoms with E-state index in [1.807, 2.05) is 0 Å². The highest BCUT2D eigenvalue weighted by Gasteiger charge is 2.10. The number of Topliss-reactive ketones (excluding diaryl/α,β-unsaturated/α-hetero) is 1. The maximum absolute atomic E-state index is 13.3. The third-order valence-electron chi connectivity index (χ3n) is 2.67. The number of hydrogen-bond acceptors (Lipinski definition) is 1. The van der Waals surface area contributed by atoms with E-state index >= 15 is 0 Å². The first-order valence-electron chi connectivity index (χ1n) is 5.74. The minimum atomic E-state index is -0.728. The Morgan fingerprint density at radius 3 is 2.16 bits per heavy atom. The molecule has 0 atom stereocenters. The molecule has 0 unspecified atom stereocenters. The van der Waals surface area contributed by atoms with E-state index in [0.29, 0.717) is 0 Å². The minimum absolute atomic E-state index is 0.0925. The molecule has 0 bridgehead atoms. The van der Waals surface area contributed by atoms with Gasteiger partial charge in [-0.25, -0.2) is 13.2 Å². The van der Waals surface area contributed by atoms with E-state index in [9.17, 15) is 18.0 Å². The second-order valence-corrected chi connectivity index (χ2v) is 4.26. The lowest BCUT2D eigenvalue weighted by Gasteiger charge is -2.04. The molecular formula is C15H11F3O. The number of carbonyl (C=O) groups is 1. The first kappa shape index (κ1) is 13.3. The fourth-order valence-corrected chi connectivity index (χ4v) is 1.86. The molecule has 19 heavy (non-hydrogen) atoms. The Morgan fingerprint density at radius 2 is 1.53 bits per heavy atom. The minimum Gasteiger partial charge on any atom is -0.299 e. The van der Waals surface area contributed by atoms with Gasteiger partial charge in [-0.2, -0.15) is 0 Å². The topological polar surface area (TPSA) is 17.1 Å². The summed E-state index contributed by atoms with van der Waals surface area (Å²) in [6, 6.07) is 8.89. The molecule has 2 rings (SSSR count). The number of carbonyl (C=O) groups excluding carboxylic acids is 1. The van der Waals surface area contributed by atoms with Gasteiger partial charge in [0.05, 0.1) is 0 Å². The molecular weight excluding hydrogens is 253 g/mol. The molecule has 0 aromatic heterocycles. The molecule has 98 valence electrons. The largest absolute Gasteiger partial charge is 0.299 e. The van der Waals surface area contributed by atoms with Crippen molar-refractivity contribution in [2.75, 3.05) is 0 Å². The summed E-state index contributed by atoms with van der Waals surface area (Å²) in [5.41, 5.74) is 0.531. The van der Waals surface area contributed by atoms with Gasteiger partial charge >= 0.3 is 0 Å². The monoisotopic (exact) mass is 264 g/mol. The standard InChI is InChI=1S/C15H11F3O/c16-12-5-10(6-13(17)9-12)7-14(19)8-11-3-1-2-4-15(11)18/h1-6,9H,7-8H2. The van der Waals surface area contributed by atoms with Crippen molar-refractivity contribution in [3.8, 4) is 0 Å². The Balaban J connectivity index is 2.07.